The first-order valence-electron chi connectivity index (χ1n) is 12.7. The lowest BCUT2D eigenvalue weighted by Crippen LogP contribution is -2.41. The molecule has 5 rings (SSSR count). The van der Waals surface area contributed by atoms with Crippen LogP contribution in [0.2, 0.25) is 0 Å². The Hall–Kier alpha value is -2.76. The van der Waals surface area contributed by atoms with Gasteiger partial charge in [-0.1, -0.05) is 70.2 Å². The minimum absolute atomic E-state index is 0.299. The van der Waals surface area contributed by atoms with Gasteiger partial charge in [0, 0.05) is 22.2 Å². The van der Waals surface area contributed by atoms with Crippen LogP contribution >= 0.6 is 0 Å². The monoisotopic (exact) mass is 466 g/mol. The number of nitrogens with zero attached hydrogens (tertiary/aromatic N) is 2. The fourth-order valence-corrected chi connectivity index (χ4v) is 4.59. The van der Waals surface area contributed by atoms with E-state index < -0.39 is 7.12 Å². The van der Waals surface area contributed by atoms with Gasteiger partial charge in [-0.25, -0.2) is 0 Å². The fourth-order valence-electron chi connectivity index (χ4n) is 4.59. The summed E-state index contributed by atoms with van der Waals surface area (Å²) in [7, 11) is -0.395. The van der Waals surface area contributed by atoms with Gasteiger partial charge in [0.1, 0.15) is 0 Å². The van der Waals surface area contributed by atoms with E-state index >= 15 is 0 Å². The van der Waals surface area contributed by atoms with Crippen LogP contribution in [0.5, 0.6) is 0 Å². The van der Waals surface area contributed by atoms with Gasteiger partial charge in [-0.15, -0.1) is 0 Å². The van der Waals surface area contributed by atoms with Crippen molar-refractivity contribution in [1.82, 2.24) is 9.97 Å². The smallest absolute Gasteiger partial charge is 0.399 e. The van der Waals surface area contributed by atoms with E-state index in [1.165, 1.54) is 0 Å². The molecule has 0 aliphatic carbocycles. The van der Waals surface area contributed by atoms with E-state index in [0.29, 0.717) is 11.8 Å². The summed E-state index contributed by atoms with van der Waals surface area (Å²) in [6.07, 6.45) is 0. The molecule has 1 saturated heterocycles. The molecule has 5 heteroatoms. The van der Waals surface area contributed by atoms with Gasteiger partial charge in [0.2, 0.25) is 0 Å². The highest BCUT2D eigenvalue weighted by atomic mass is 16.7. The van der Waals surface area contributed by atoms with Crippen molar-refractivity contribution in [2.75, 3.05) is 0 Å². The molecule has 0 amide bonds. The Balaban J connectivity index is 1.70. The van der Waals surface area contributed by atoms with Gasteiger partial charge in [-0.2, -0.15) is 0 Å². The molecular weight excluding hydrogens is 431 g/mol. The third-order valence-electron chi connectivity index (χ3n) is 7.59. The SMILES string of the molecule is CC(C)c1ccc2ccc3c(-c4cccc(B5OC(C)(C)C(C)(C)O5)c4)cc(C(C)C)nc3c2n1. The third kappa shape index (κ3) is 4.15. The molecule has 0 spiro atoms. The molecule has 1 aliphatic heterocycles. The van der Waals surface area contributed by atoms with Crippen LogP contribution in [0.25, 0.3) is 32.9 Å². The molecule has 0 N–H and O–H groups in total. The quantitative estimate of drug-likeness (QED) is 0.240. The van der Waals surface area contributed by atoms with Crippen LogP contribution in [0.4, 0.5) is 0 Å². The standard InChI is InChI=1S/C30H35BN2O2/c1-18(2)25-15-13-20-12-14-23-24(17-26(19(3)4)33-28(23)27(20)32-25)21-10-9-11-22(16-21)31-34-29(5,6)30(7,8)35-31/h9-19H,1-8H3. The van der Waals surface area contributed by atoms with Crippen LogP contribution < -0.4 is 5.46 Å². The summed E-state index contributed by atoms with van der Waals surface area (Å²) < 4.78 is 12.7. The third-order valence-corrected chi connectivity index (χ3v) is 7.59. The lowest BCUT2D eigenvalue weighted by Gasteiger charge is -2.32. The zero-order valence-corrected chi connectivity index (χ0v) is 22.1. The van der Waals surface area contributed by atoms with Crippen molar-refractivity contribution in [3.63, 3.8) is 0 Å². The highest BCUT2D eigenvalue weighted by Gasteiger charge is 2.51. The second kappa shape index (κ2) is 8.42. The van der Waals surface area contributed by atoms with Crippen molar-refractivity contribution in [2.45, 2.75) is 78.4 Å². The van der Waals surface area contributed by atoms with Crippen LogP contribution in [0.1, 0.15) is 78.6 Å². The molecule has 1 fully saturated rings. The zero-order valence-electron chi connectivity index (χ0n) is 22.1. The van der Waals surface area contributed by atoms with Crippen LogP contribution in [-0.2, 0) is 9.31 Å². The van der Waals surface area contributed by atoms with E-state index in [1.807, 2.05) is 0 Å². The predicted molar refractivity (Wildman–Crippen MR) is 146 cm³/mol. The van der Waals surface area contributed by atoms with E-state index in [2.05, 4.69) is 110 Å². The molecule has 4 aromatic rings. The van der Waals surface area contributed by atoms with Crippen molar-refractivity contribution < 1.29 is 9.31 Å². The highest BCUT2D eigenvalue weighted by molar-refractivity contribution is 6.62. The van der Waals surface area contributed by atoms with Crippen molar-refractivity contribution >= 4 is 34.4 Å². The number of rotatable bonds is 4. The van der Waals surface area contributed by atoms with Crippen molar-refractivity contribution in [3.8, 4) is 11.1 Å². The molecule has 0 saturated carbocycles. The molecule has 2 aromatic carbocycles. The van der Waals surface area contributed by atoms with E-state index in [0.717, 1.165) is 49.8 Å². The summed E-state index contributed by atoms with van der Waals surface area (Å²) in [5.74, 6) is 0.659. The Kier molecular flexibility index (Phi) is 5.77. The number of hydrogen-bond donors (Lipinski definition) is 0. The van der Waals surface area contributed by atoms with Gasteiger partial charge in [-0.3, -0.25) is 9.97 Å². The summed E-state index contributed by atoms with van der Waals surface area (Å²) in [5, 5.41) is 2.23. The molecule has 0 radical (unpaired) electrons. The average Bonchev–Trinajstić information content (AvgIpc) is 3.04. The van der Waals surface area contributed by atoms with E-state index in [1.54, 1.807) is 0 Å². The molecule has 0 unspecified atom stereocenters. The maximum absolute atomic E-state index is 6.34. The van der Waals surface area contributed by atoms with Gasteiger partial charge in [0.25, 0.3) is 0 Å². The van der Waals surface area contributed by atoms with Gasteiger partial charge >= 0.3 is 7.12 Å². The topological polar surface area (TPSA) is 44.2 Å². The van der Waals surface area contributed by atoms with Crippen molar-refractivity contribution in [3.05, 3.63) is 66.0 Å². The van der Waals surface area contributed by atoms with Crippen LogP contribution in [-0.4, -0.2) is 28.3 Å². The number of hydrogen-bond acceptors (Lipinski definition) is 4. The Bertz CT molecular complexity index is 1410. The Morgan fingerprint density at radius 3 is 2.00 bits per heavy atom. The minimum atomic E-state index is -0.395. The lowest BCUT2D eigenvalue weighted by molar-refractivity contribution is 0.00578. The number of aromatic nitrogens is 2. The highest BCUT2D eigenvalue weighted by Crippen LogP contribution is 2.38. The maximum atomic E-state index is 6.34. The van der Waals surface area contributed by atoms with Crippen LogP contribution in [0, 0.1) is 0 Å². The van der Waals surface area contributed by atoms with Crippen LogP contribution in [0.15, 0.2) is 54.6 Å². The normalized spacial score (nSPS) is 17.3. The number of benzene rings is 2. The zero-order chi connectivity index (χ0) is 25.1. The lowest BCUT2D eigenvalue weighted by atomic mass is 9.77. The molecular formula is C30H35BN2O2. The molecule has 0 bridgehead atoms. The molecule has 180 valence electrons. The first kappa shape index (κ1) is 24.0. The summed E-state index contributed by atoms with van der Waals surface area (Å²) in [6.45, 7) is 17.1. The molecule has 4 nitrogen and oxygen atoms in total. The number of fused-ring (bicyclic) bond motifs is 3. The summed E-state index contributed by atoms with van der Waals surface area (Å²) in [6, 6.07) is 19.4. The first-order chi connectivity index (χ1) is 16.5. The van der Waals surface area contributed by atoms with E-state index in [-0.39, 0.29) is 11.2 Å². The van der Waals surface area contributed by atoms with E-state index in [9.17, 15) is 0 Å². The second-order valence-corrected chi connectivity index (χ2v) is 11.4. The Morgan fingerprint density at radius 1 is 0.714 bits per heavy atom. The maximum Gasteiger partial charge on any atom is 0.494 e. The van der Waals surface area contributed by atoms with E-state index in [4.69, 9.17) is 19.3 Å². The Morgan fingerprint density at radius 2 is 1.34 bits per heavy atom. The summed E-state index contributed by atoms with van der Waals surface area (Å²) in [4.78, 5) is 10.2. The predicted octanol–water partition coefficient (Wildman–Crippen LogP) is 7.00. The van der Waals surface area contributed by atoms with Gasteiger partial charge in [0.15, 0.2) is 0 Å². The molecule has 2 aromatic heterocycles. The minimum Gasteiger partial charge on any atom is -0.399 e. The summed E-state index contributed by atoms with van der Waals surface area (Å²) in [5.41, 5.74) is 6.66. The first-order valence-corrected chi connectivity index (χ1v) is 12.7. The molecule has 3 heterocycles. The van der Waals surface area contributed by atoms with Gasteiger partial charge in [0.05, 0.1) is 22.2 Å². The number of pyridine rings is 2. The Labute approximate surface area is 209 Å². The average molecular weight is 466 g/mol. The molecule has 0 atom stereocenters. The van der Waals surface area contributed by atoms with Crippen molar-refractivity contribution in [1.29, 1.82) is 0 Å². The molecule has 35 heavy (non-hydrogen) atoms. The fraction of sp³-hybridized carbons (Fsp3) is 0.400. The van der Waals surface area contributed by atoms with Crippen molar-refractivity contribution in [2.24, 2.45) is 0 Å². The van der Waals surface area contributed by atoms with Gasteiger partial charge < -0.3 is 9.31 Å². The largest absolute Gasteiger partial charge is 0.494 e. The van der Waals surface area contributed by atoms with Gasteiger partial charge in [-0.05, 0) is 68.3 Å². The van der Waals surface area contributed by atoms with Crippen LogP contribution in [0.3, 0.4) is 0 Å². The molecule has 1 aliphatic rings. The summed E-state index contributed by atoms with van der Waals surface area (Å²) >= 11 is 0. The second-order valence-electron chi connectivity index (χ2n) is 11.4.